The van der Waals surface area contributed by atoms with E-state index in [-0.39, 0.29) is 0 Å². The van der Waals surface area contributed by atoms with Gasteiger partial charge in [0.15, 0.2) is 0 Å². The fraction of sp³-hybridized carbons (Fsp3) is 0.346. The second-order valence-corrected chi connectivity index (χ2v) is 8.55. The van der Waals surface area contributed by atoms with E-state index in [9.17, 15) is 9.59 Å². The van der Waals surface area contributed by atoms with Crippen molar-refractivity contribution in [2.75, 3.05) is 20.1 Å². The normalized spacial score (nSPS) is 14.8. The number of imidazole rings is 1. The van der Waals surface area contributed by atoms with Crippen molar-refractivity contribution in [1.82, 2.24) is 14.5 Å². The van der Waals surface area contributed by atoms with E-state index < -0.39 is 11.9 Å². The zero-order chi connectivity index (χ0) is 23.8. The molecular formula is C26H31N3O4. The van der Waals surface area contributed by atoms with Crippen LogP contribution in [0.1, 0.15) is 29.8 Å². The molecule has 1 aliphatic rings. The Morgan fingerprint density at radius 2 is 1.61 bits per heavy atom. The molecule has 0 aliphatic carbocycles. The molecule has 0 radical (unpaired) electrons. The topological polar surface area (TPSA) is 95.7 Å². The van der Waals surface area contributed by atoms with Crippen molar-refractivity contribution < 1.29 is 19.8 Å². The number of carboxylic acid groups (broad SMARTS) is 2. The van der Waals surface area contributed by atoms with Crippen LogP contribution < -0.4 is 0 Å². The number of hydrogen-bond donors (Lipinski definition) is 2. The van der Waals surface area contributed by atoms with Crippen LogP contribution in [0.5, 0.6) is 0 Å². The number of rotatable bonds is 6. The summed E-state index contributed by atoms with van der Waals surface area (Å²) >= 11 is 0. The lowest BCUT2D eigenvalue weighted by atomic mass is 9.93. The smallest absolute Gasteiger partial charge is 0.328 e. The highest BCUT2D eigenvalue weighted by Crippen LogP contribution is 2.24. The third-order valence-electron chi connectivity index (χ3n) is 5.87. The van der Waals surface area contributed by atoms with E-state index in [1.807, 2.05) is 0 Å². The largest absolute Gasteiger partial charge is 0.478 e. The first-order valence-electron chi connectivity index (χ1n) is 11.1. The molecule has 0 bridgehead atoms. The number of aromatic nitrogens is 2. The van der Waals surface area contributed by atoms with Gasteiger partial charge >= 0.3 is 11.9 Å². The van der Waals surface area contributed by atoms with Gasteiger partial charge in [-0.15, -0.1) is 0 Å². The third-order valence-corrected chi connectivity index (χ3v) is 5.87. The van der Waals surface area contributed by atoms with E-state index in [2.05, 4.69) is 72.0 Å². The molecule has 2 aromatic carbocycles. The van der Waals surface area contributed by atoms with E-state index in [0.717, 1.165) is 24.4 Å². The number of hydrogen-bond acceptors (Lipinski definition) is 4. The predicted octanol–water partition coefficient (Wildman–Crippen LogP) is 3.99. The Hall–Kier alpha value is -3.45. The Balaban J connectivity index is 0.000000331. The number of aliphatic carboxylic acids is 2. The van der Waals surface area contributed by atoms with Crippen LogP contribution in [0, 0.1) is 12.8 Å². The predicted molar refractivity (Wildman–Crippen MR) is 128 cm³/mol. The fourth-order valence-corrected chi connectivity index (χ4v) is 4.00. The van der Waals surface area contributed by atoms with Crippen LogP contribution in [-0.4, -0.2) is 56.7 Å². The molecule has 33 heavy (non-hydrogen) atoms. The molecule has 1 aromatic heterocycles. The van der Waals surface area contributed by atoms with Crippen LogP contribution in [0.2, 0.25) is 0 Å². The average Bonchev–Trinajstić information content (AvgIpc) is 3.13. The van der Waals surface area contributed by atoms with Gasteiger partial charge in [0, 0.05) is 25.1 Å². The maximum absolute atomic E-state index is 9.55. The van der Waals surface area contributed by atoms with Crippen molar-refractivity contribution in [3.63, 3.8) is 0 Å². The van der Waals surface area contributed by atoms with Gasteiger partial charge in [-0.1, -0.05) is 42.0 Å². The highest BCUT2D eigenvalue weighted by Gasteiger charge is 2.20. The summed E-state index contributed by atoms with van der Waals surface area (Å²) < 4.78 is 2.43. The summed E-state index contributed by atoms with van der Waals surface area (Å²) in [5, 5.41) is 15.6. The maximum atomic E-state index is 9.55. The fourth-order valence-electron chi connectivity index (χ4n) is 4.00. The monoisotopic (exact) mass is 449 g/mol. The van der Waals surface area contributed by atoms with Crippen LogP contribution >= 0.6 is 0 Å². The van der Waals surface area contributed by atoms with Crippen molar-refractivity contribution >= 4 is 23.0 Å². The molecule has 174 valence electrons. The summed E-state index contributed by atoms with van der Waals surface area (Å²) in [6.45, 7) is 5.47. The van der Waals surface area contributed by atoms with Gasteiger partial charge in [-0.05, 0) is 63.5 Å². The number of fused-ring (bicyclic) bond motifs is 1. The lowest BCUT2D eigenvalue weighted by molar-refractivity contribution is -0.134. The van der Waals surface area contributed by atoms with Crippen molar-refractivity contribution in [3.8, 4) is 0 Å². The Bertz CT molecular complexity index is 1090. The number of carboxylic acids is 2. The summed E-state index contributed by atoms with van der Waals surface area (Å²) in [5.74, 6) is -0.513. The summed E-state index contributed by atoms with van der Waals surface area (Å²) in [4.78, 5) is 26.5. The van der Waals surface area contributed by atoms with E-state index in [1.54, 1.807) is 0 Å². The molecule has 7 heteroatoms. The number of carbonyl (C=O) groups is 2. The Morgan fingerprint density at radius 3 is 2.21 bits per heavy atom. The number of piperidine rings is 1. The summed E-state index contributed by atoms with van der Waals surface area (Å²) in [6, 6.07) is 17.4. The van der Waals surface area contributed by atoms with Crippen LogP contribution in [0.15, 0.2) is 60.7 Å². The van der Waals surface area contributed by atoms with Crippen LogP contribution in [0.4, 0.5) is 0 Å². The second kappa shape index (κ2) is 11.4. The Kier molecular flexibility index (Phi) is 8.38. The van der Waals surface area contributed by atoms with Crippen molar-refractivity contribution in [1.29, 1.82) is 0 Å². The number of benzene rings is 2. The molecular weight excluding hydrogens is 418 g/mol. The highest BCUT2D eigenvalue weighted by atomic mass is 16.4. The molecule has 0 amide bonds. The molecule has 1 aliphatic heterocycles. The molecule has 0 saturated carbocycles. The molecule has 2 heterocycles. The Morgan fingerprint density at radius 1 is 1.00 bits per heavy atom. The number of para-hydroxylation sites is 2. The van der Waals surface area contributed by atoms with Gasteiger partial charge in [0.05, 0.1) is 11.0 Å². The minimum Gasteiger partial charge on any atom is -0.478 e. The standard InChI is InChI=1S/C22H27N3.C4H4O4/c1-17-7-9-19(10-8-17)16-25-21-6-4-3-5-20(21)23-22(25)15-18-11-13-24(2)14-12-18;5-3(6)1-2-4(7)8/h3-10,18H,11-16H2,1-2H3;1-2H,(H,5,6)(H,7,8)/b;2-1+. The summed E-state index contributed by atoms with van der Waals surface area (Å²) in [7, 11) is 2.23. The van der Waals surface area contributed by atoms with Crippen LogP contribution in [0.25, 0.3) is 11.0 Å². The minimum atomic E-state index is -1.26. The summed E-state index contributed by atoms with van der Waals surface area (Å²) in [6.07, 6.45) is 4.77. The zero-order valence-electron chi connectivity index (χ0n) is 19.1. The molecule has 4 rings (SSSR count). The minimum absolute atomic E-state index is 0.558. The van der Waals surface area contributed by atoms with Crippen molar-refractivity contribution in [2.45, 2.75) is 32.7 Å². The van der Waals surface area contributed by atoms with Crippen LogP contribution in [-0.2, 0) is 22.6 Å². The van der Waals surface area contributed by atoms with Crippen LogP contribution in [0.3, 0.4) is 0 Å². The lowest BCUT2D eigenvalue weighted by Gasteiger charge is -2.28. The lowest BCUT2D eigenvalue weighted by Crippen LogP contribution is -2.31. The van der Waals surface area contributed by atoms with Gasteiger partial charge in [0.1, 0.15) is 5.82 Å². The molecule has 0 atom stereocenters. The molecule has 0 spiro atoms. The Labute approximate surface area is 194 Å². The van der Waals surface area contributed by atoms with Crippen molar-refractivity contribution in [3.05, 3.63) is 77.6 Å². The van der Waals surface area contributed by atoms with Gasteiger partial charge in [-0.3, -0.25) is 0 Å². The molecule has 1 fully saturated rings. The van der Waals surface area contributed by atoms with E-state index in [4.69, 9.17) is 15.2 Å². The van der Waals surface area contributed by atoms with E-state index in [1.165, 1.54) is 48.4 Å². The SMILES string of the molecule is Cc1ccc(Cn2c(CC3CCN(C)CC3)nc3ccccc32)cc1.O=C(O)/C=C/C(=O)O. The molecule has 2 N–H and O–H groups in total. The molecule has 1 saturated heterocycles. The van der Waals surface area contributed by atoms with Gasteiger partial charge < -0.3 is 19.7 Å². The first kappa shape index (κ1) is 24.2. The maximum Gasteiger partial charge on any atom is 0.328 e. The van der Waals surface area contributed by atoms with Gasteiger partial charge in [0.2, 0.25) is 0 Å². The summed E-state index contributed by atoms with van der Waals surface area (Å²) in [5.41, 5.74) is 5.03. The average molecular weight is 450 g/mol. The number of nitrogens with zero attached hydrogens (tertiary/aromatic N) is 3. The van der Waals surface area contributed by atoms with Crippen molar-refractivity contribution in [2.24, 2.45) is 5.92 Å². The number of aryl methyl sites for hydroxylation is 1. The van der Waals surface area contributed by atoms with E-state index in [0.29, 0.717) is 12.2 Å². The third kappa shape index (κ3) is 7.29. The first-order valence-corrected chi connectivity index (χ1v) is 11.1. The van der Waals surface area contributed by atoms with Gasteiger partial charge in [-0.25, -0.2) is 14.6 Å². The zero-order valence-corrected chi connectivity index (χ0v) is 19.1. The second-order valence-electron chi connectivity index (χ2n) is 8.55. The highest BCUT2D eigenvalue weighted by molar-refractivity contribution is 5.89. The first-order chi connectivity index (χ1) is 15.8. The van der Waals surface area contributed by atoms with Gasteiger partial charge in [0.25, 0.3) is 0 Å². The quantitative estimate of drug-likeness (QED) is 0.553. The number of likely N-dealkylation sites (tertiary alicyclic amines) is 1. The van der Waals surface area contributed by atoms with E-state index >= 15 is 0 Å². The molecule has 0 unspecified atom stereocenters. The van der Waals surface area contributed by atoms with Gasteiger partial charge in [-0.2, -0.15) is 0 Å². The molecule has 7 nitrogen and oxygen atoms in total. The molecule has 3 aromatic rings.